The third-order valence-electron chi connectivity index (χ3n) is 3.59. The summed E-state index contributed by atoms with van der Waals surface area (Å²) in [6, 6.07) is 26.2. The average molecular weight is 310 g/mol. The van der Waals surface area contributed by atoms with Crippen molar-refractivity contribution in [1.29, 1.82) is 10.5 Å². The Morgan fingerprint density at radius 1 is 0.458 bits per heavy atom. The van der Waals surface area contributed by atoms with Crippen molar-refractivity contribution < 1.29 is 0 Å². The van der Waals surface area contributed by atoms with Gasteiger partial charge >= 0.3 is 0 Å². The van der Waals surface area contributed by atoms with Gasteiger partial charge in [-0.05, 0) is 48.5 Å². The summed E-state index contributed by atoms with van der Waals surface area (Å²) in [5.41, 5.74) is 3.10. The van der Waals surface area contributed by atoms with E-state index in [1.165, 1.54) is 0 Å². The monoisotopic (exact) mass is 310 g/mol. The lowest BCUT2D eigenvalue weighted by Gasteiger charge is -2.19. The molecule has 0 aliphatic rings. The summed E-state index contributed by atoms with van der Waals surface area (Å²) in [4.78, 5) is 3.09. The SMILES string of the molecule is N#CN(c1ccccc1)c1ccc(N(C#N)c2ccccc2)cc1. The molecule has 0 aliphatic carbocycles. The maximum Gasteiger partial charge on any atom is 0.189 e. The van der Waals surface area contributed by atoms with E-state index in [4.69, 9.17) is 0 Å². The Balaban J connectivity index is 1.91. The minimum atomic E-state index is 0.749. The molecule has 0 saturated heterocycles. The van der Waals surface area contributed by atoms with Crippen LogP contribution in [0.3, 0.4) is 0 Å². The molecule has 3 rings (SSSR count). The number of anilines is 4. The normalized spacial score (nSPS) is 9.58. The molecule has 0 bridgehead atoms. The van der Waals surface area contributed by atoms with Crippen LogP contribution in [0.1, 0.15) is 0 Å². The fourth-order valence-electron chi connectivity index (χ4n) is 2.43. The average Bonchev–Trinajstić information content (AvgIpc) is 2.66. The Kier molecular flexibility index (Phi) is 4.42. The van der Waals surface area contributed by atoms with E-state index in [1.54, 1.807) is 9.80 Å². The van der Waals surface area contributed by atoms with Gasteiger partial charge in [-0.2, -0.15) is 10.5 Å². The summed E-state index contributed by atoms with van der Waals surface area (Å²) in [5, 5.41) is 18.9. The van der Waals surface area contributed by atoms with Crippen LogP contribution in [0.5, 0.6) is 0 Å². The molecule has 3 aromatic rings. The van der Waals surface area contributed by atoms with E-state index in [9.17, 15) is 10.5 Å². The van der Waals surface area contributed by atoms with Gasteiger partial charge in [0.25, 0.3) is 0 Å². The molecule has 24 heavy (non-hydrogen) atoms. The first-order valence-electron chi connectivity index (χ1n) is 7.43. The van der Waals surface area contributed by atoms with Crippen molar-refractivity contribution in [3.63, 3.8) is 0 Å². The quantitative estimate of drug-likeness (QED) is 0.506. The second-order valence-corrected chi connectivity index (χ2v) is 5.06. The lowest BCUT2D eigenvalue weighted by Crippen LogP contribution is -2.10. The fraction of sp³-hybridized carbons (Fsp3) is 0. The number of benzene rings is 3. The van der Waals surface area contributed by atoms with Crippen LogP contribution in [-0.2, 0) is 0 Å². The topological polar surface area (TPSA) is 54.1 Å². The van der Waals surface area contributed by atoms with Gasteiger partial charge in [-0.15, -0.1) is 0 Å². The highest BCUT2D eigenvalue weighted by molar-refractivity contribution is 5.72. The second-order valence-electron chi connectivity index (χ2n) is 5.06. The highest BCUT2D eigenvalue weighted by Gasteiger charge is 2.11. The fourth-order valence-corrected chi connectivity index (χ4v) is 2.43. The molecule has 0 radical (unpaired) electrons. The summed E-state index contributed by atoms with van der Waals surface area (Å²) >= 11 is 0. The van der Waals surface area contributed by atoms with Gasteiger partial charge in [0.2, 0.25) is 0 Å². The Morgan fingerprint density at radius 2 is 0.750 bits per heavy atom. The van der Waals surface area contributed by atoms with Gasteiger partial charge in [0, 0.05) is 0 Å². The van der Waals surface area contributed by atoms with Crippen LogP contribution in [0.25, 0.3) is 0 Å². The summed E-state index contributed by atoms with van der Waals surface area (Å²) in [6.07, 6.45) is 4.37. The van der Waals surface area contributed by atoms with Crippen LogP contribution in [0.2, 0.25) is 0 Å². The Hall–Kier alpha value is -3.76. The summed E-state index contributed by atoms with van der Waals surface area (Å²) in [6.45, 7) is 0. The zero-order valence-electron chi connectivity index (χ0n) is 12.9. The number of para-hydroxylation sites is 2. The largest absolute Gasteiger partial charge is 0.248 e. The van der Waals surface area contributed by atoms with Gasteiger partial charge in [-0.25, -0.2) is 9.80 Å². The molecule has 0 aromatic heterocycles. The molecule has 4 heteroatoms. The first-order valence-corrected chi connectivity index (χ1v) is 7.43. The second kappa shape index (κ2) is 7.00. The lowest BCUT2D eigenvalue weighted by atomic mass is 10.2. The molecule has 0 spiro atoms. The molecule has 0 aliphatic heterocycles. The van der Waals surface area contributed by atoms with Crippen LogP contribution >= 0.6 is 0 Å². The predicted octanol–water partition coefficient (Wildman–Crippen LogP) is 4.92. The van der Waals surface area contributed by atoms with Gasteiger partial charge in [-0.1, -0.05) is 36.4 Å². The molecule has 114 valence electrons. The molecule has 0 amide bonds. The van der Waals surface area contributed by atoms with Gasteiger partial charge in [-0.3, -0.25) is 0 Å². The number of hydrogen-bond acceptors (Lipinski definition) is 4. The van der Waals surface area contributed by atoms with Crippen LogP contribution in [0.4, 0.5) is 22.7 Å². The van der Waals surface area contributed by atoms with Crippen LogP contribution in [0, 0.1) is 22.9 Å². The van der Waals surface area contributed by atoms with Crippen molar-refractivity contribution in [1.82, 2.24) is 0 Å². The van der Waals surface area contributed by atoms with E-state index < -0.39 is 0 Å². The van der Waals surface area contributed by atoms with E-state index in [2.05, 4.69) is 12.4 Å². The Morgan fingerprint density at radius 3 is 1.04 bits per heavy atom. The van der Waals surface area contributed by atoms with Crippen molar-refractivity contribution in [3.05, 3.63) is 84.9 Å². The van der Waals surface area contributed by atoms with Crippen molar-refractivity contribution in [2.45, 2.75) is 0 Å². The summed E-state index contributed by atoms with van der Waals surface area (Å²) < 4.78 is 0. The predicted molar refractivity (Wildman–Crippen MR) is 94.8 cm³/mol. The summed E-state index contributed by atoms with van der Waals surface area (Å²) in [5.74, 6) is 0. The van der Waals surface area contributed by atoms with Gasteiger partial charge in [0.15, 0.2) is 12.4 Å². The number of nitrogens with zero attached hydrogens (tertiary/aromatic N) is 4. The number of nitriles is 2. The number of rotatable bonds is 4. The molecule has 3 aromatic carbocycles. The molecule has 0 unspecified atom stereocenters. The van der Waals surface area contributed by atoms with Crippen LogP contribution < -0.4 is 9.80 Å². The van der Waals surface area contributed by atoms with Crippen molar-refractivity contribution in [2.24, 2.45) is 0 Å². The van der Waals surface area contributed by atoms with Crippen LogP contribution in [-0.4, -0.2) is 0 Å². The highest BCUT2D eigenvalue weighted by Crippen LogP contribution is 2.29. The molecule has 0 fully saturated rings. The minimum Gasteiger partial charge on any atom is -0.248 e. The summed E-state index contributed by atoms with van der Waals surface area (Å²) in [7, 11) is 0. The minimum absolute atomic E-state index is 0.749. The van der Waals surface area contributed by atoms with E-state index >= 15 is 0 Å². The first-order chi connectivity index (χ1) is 11.8. The first kappa shape index (κ1) is 15.1. The van der Waals surface area contributed by atoms with Gasteiger partial charge in [0.1, 0.15) is 0 Å². The van der Waals surface area contributed by atoms with Gasteiger partial charge in [0.05, 0.1) is 22.7 Å². The third-order valence-corrected chi connectivity index (χ3v) is 3.59. The maximum atomic E-state index is 9.45. The maximum absolute atomic E-state index is 9.45. The zero-order chi connectivity index (χ0) is 16.8. The molecular weight excluding hydrogens is 296 g/mol. The lowest BCUT2D eigenvalue weighted by molar-refractivity contribution is 1.25. The molecule has 0 saturated carbocycles. The van der Waals surface area contributed by atoms with Crippen molar-refractivity contribution in [3.8, 4) is 12.4 Å². The zero-order valence-corrected chi connectivity index (χ0v) is 12.9. The van der Waals surface area contributed by atoms with Gasteiger partial charge < -0.3 is 0 Å². The van der Waals surface area contributed by atoms with E-state index in [0.29, 0.717) is 0 Å². The molecule has 0 atom stereocenters. The van der Waals surface area contributed by atoms with Crippen molar-refractivity contribution >= 4 is 22.7 Å². The van der Waals surface area contributed by atoms with E-state index in [-0.39, 0.29) is 0 Å². The highest BCUT2D eigenvalue weighted by atomic mass is 15.1. The molecule has 0 heterocycles. The molecule has 4 nitrogen and oxygen atoms in total. The Labute approximate surface area is 141 Å². The smallest absolute Gasteiger partial charge is 0.189 e. The van der Waals surface area contributed by atoms with Crippen molar-refractivity contribution in [2.75, 3.05) is 9.80 Å². The third kappa shape index (κ3) is 3.04. The van der Waals surface area contributed by atoms with E-state index in [1.807, 2.05) is 84.9 Å². The molecule has 0 N–H and O–H groups in total. The standard InChI is InChI=1S/C20H14N4/c21-15-23(17-7-3-1-4-8-17)19-11-13-20(14-12-19)24(16-22)18-9-5-2-6-10-18/h1-14H. The van der Waals surface area contributed by atoms with E-state index in [0.717, 1.165) is 22.7 Å². The van der Waals surface area contributed by atoms with Crippen LogP contribution in [0.15, 0.2) is 84.9 Å². The number of hydrogen-bond donors (Lipinski definition) is 0. The molecular formula is C20H14N4. The Bertz CT molecular complexity index is 798.